The van der Waals surface area contributed by atoms with E-state index in [9.17, 15) is 8.78 Å². The van der Waals surface area contributed by atoms with E-state index in [1.807, 2.05) is 6.92 Å². The van der Waals surface area contributed by atoms with E-state index < -0.39 is 11.6 Å². The monoisotopic (exact) mass is 269 g/mol. The molecule has 3 atom stereocenters. The molecule has 0 bridgehead atoms. The van der Waals surface area contributed by atoms with Crippen LogP contribution in [0.25, 0.3) is 0 Å². The summed E-state index contributed by atoms with van der Waals surface area (Å²) in [5, 5.41) is 3.36. The van der Waals surface area contributed by atoms with Gasteiger partial charge in [0.2, 0.25) is 0 Å². The SMILES string of the molecule is CCNC(Cc1ccc(F)cc1F)C1OCCC1C. The Balaban J connectivity index is 2.11. The molecule has 0 spiro atoms. The van der Waals surface area contributed by atoms with Gasteiger partial charge in [-0.1, -0.05) is 19.9 Å². The first-order valence-corrected chi connectivity index (χ1v) is 6.90. The van der Waals surface area contributed by atoms with Crippen LogP contribution in [0.5, 0.6) is 0 Å². The third kappa shape index (κ3) is 3.51. The molecule has 2 nitrogen and oxygen atoms in total. The fraction of sp³-hybridized carbons (Fsp3) is 0.600. The number of hydrogen-bond acceptors (Lipinski definition) is 2. The third-order valence-corrected chi connectivity index (χ3v) is 3.76. The van der Waals surface area contributed by atoms with Gasteiger partial charge in [0.1, 0.15) is 11.6 Å². The van der Waals surface area contributed by atoms with Gasteiger partial charge < -0.3 is 10.1 Å². The van der Waals surface area contributed by atoms with Gasteiger partial charge in [-0.15, -0.1) is 0 Å². The second-order valence-electron chi connectivity index (χ2n) is 5.21. The summed E-state index contributed by atoms with van der Waals surface area (Å²) in [5.74, 6) is -0.548. The fourth-order valence-electron chi connectivity index (χ4n) is 2.72. The molecule has 0 aromatic heterocycles. The molecule has 1 saturated heterocycles. The average Bonchev–Trinajstić information content (AvgIpc) is 2.78. The van der Waals surface area contributed by atoms with Gasteiger partial charge in [-0.05, 0) is 36.9 Å². The summed E-state index contributed by atoms with van der Waals surface area (Å²) < 4.78 is 32.4. The highest BCUT2D eigenvalue weighted by Crippen LogP contribution is 2.25. The molecule has 2 rings (SSSR count). The third-order valence-electron chi connectivity index (χ3n) is 3.76. The molecule has 0 amide bonds. The highest BCUT2D eigenvalue weighted by Gasteiger charge is 2.32. The molecule has 0 aliphatic carbocycles. The van der Waals surface area contributed by atoms with Gasteiger partial charge >= 0.3 is 0 Å². The van der Waals surface area contributed by atoms with Crippen LogP contribution >= 0.6 is 0 Å². The number of nitrogens with one attached hydrogen (secondary N) is 1. The number of benzene rings is 1. The van der Waals surface area contributed by atoms with Gasteiger partial charge in [0.15, 0.2) is 0 Å². The van der Waals surface area contributed by atoms with Crippen LogP contribution in [-0.4, -0.2) is 25.3 Å². The summed E-state index contributed by atoms with van der Waals surface area (Å²) in [7, 11) is 0. The maximum atomic E-state index is 13.7. The summed E-state index contributed by atoms with van der Waals surface area (Å²) >= 11 is 0. The molecule has 1 aliphatic rings. The molecular weight excluding hydrogens is 248 g/mol. The van der Waals surface area contributed by atoms with E-state index in [0.29, 0.717) is 17.9 Å². The van der Waals surface area contributed by atoms with E-state index in [-0.39, 0.29) is 12.1 Å². The Hall–Kier alpha value is -1.00. The summed E-state index contributed by atoms with van der Waals surface area (Å²) in [5.41, 5.74) is 0.537. The maximum absolute atomic E-state index is 13.7. The van der Waals surface area contributed by atoms with Crippen molar-refractivity contribution in [2.75, 3.05) is 13.2 Å². The molecule has 3 unspecified atom stereocenters. The van der Waals surface area contributed by atoms with Gasteiger partial charge in [0.25, 0.3) is 0 Å². The minimum Gasteiger partial charge on any atom is -0.376 e. The van der Waals surface area contributed by atoms with E-state index in [2.05, 4.69) is 12.2 Å². The zero-order chi connectivity index (χ0) is 13.8. The lowest BCUT2D eigenvalue weighted by molar-refractivity contribution is 0.0612. The highest BCUT2D eigenvalue weighted by molar-refractivity contribution is 5.20. The van der Waals surface area contributed by atoms with E-state index in [1.165, 1.54) is 12.1 Å². The van der Waals surface area contributed by atoms with Crippen molar-refractivity contribution in [2.45, 2.75) is 38.8 Å². The minimum atomic E-state index is -0.535. The second-order valence-corrected chi connectivity index (χ2v) is 5.21. The van der Waals surface area contributed by atoms with Crippen molar-refractivity contribution >= 4 is 0 Å². The van der Waals surface area contributed by atoms with Gasteiger partial charge in [0.05, 0.1) is 6.10 Å². The van der Waals surface area contributed by atoms with Gasteiger partial charge in [-0.3, -0.25) is 0 Å². The quantitative estimate of drug-likeness (QED) is 0.887. The second kappa shape index (κ2) is 6.44. The molecule has 1 aliphatic heterocycles. The average molecular weight is 269 g/mol. The molecule has 1 N–H and O–H groups in total. The number of halogens is 2. The molecule has 106 valence electrons. The lowest BCUT2D eigenvalue weighted by Crippen LogP contribution is -2.43. The lowest BCUT2D eigenvalue weighted by Gasteiger charge is -2.27. The number of likely N-dealkylation sites (N-methyl/N-ethyl adjacent to an activating group) is 1. The Morgan fingerprint density at radius 1 is 1.42 bits per heavy atom. The van der Waals surface area contributed by atoms with Crippen LogP contribution < -0.4 is 5.32 Å². The summed E-state index contributed by atoms with van der Waals surface area (Å²) in [6.45, 7) is 5.75. The normalized spacial score (nSPS) is 24.6. The molecule has 1 aromatic rings. The van der Waals surface area contributed by atoms with Crippen molar-refractivity contribution in [1.82, 2.24) is 5.32 Å². The van der Waals surface area contributed by atoms with Gasteiger partial charge in [-0.25, -0.2) is 8.78 Å². The van der Waals surface area contributed by atoms with Crippen LogP contribution in [0.3, 0.4) is 0 Å². The first kappa shape index (κ1) is 14.4. The van der Waals surface area contributed by atoms with Crippen LogP contribution in [0.4, 0.5) is 8.78 Å². The van der Waals surface area contributed by atoms with E-state index >= 15 is 0 Å². The van der Waals surface area contributed by atoms with Crippen LogP contribution in [0, 0.1) is 17.6 Å². The fourth-order valence-corrected chi connectivity index (χ4v) is 2.72. The molecular formula is C15H21F2NO. The van der Waals surface area contributed by atoms with Crippen LogP contribution in [0.15, 0.2) is 18.2 Å². The standard InChI is InChI=1S/C15H21F2NO/c1-3-18-14(15-10(2)6-7-19-15)8-11-4-5-12(16)9-13(11)17/h4-5,9-10,14-15,18H,3,6-8H2,1-2H3. The Bertz CT molecular complexity index is 425. The highest BCUT2D eigenvalue weighted by atomic mass is 19.1. The topological polar surface area (TPSA) is 21.3 Å². The molecule has 0 radical (unpaired) electrons. The van der Waals surface area contributed by atoms with E-state index in [4.69, 9.17) is 4.74 Å². The summed E-state index contributed by atoms with van der Waals surface area (Å²) in [6.07, 6.45) is 1.66. The molecule has 4 heteroatoms. The first-order chi connectivity index (χ1) is 9.11. The zero-order valence-corrected chi connectivity index (χ0v) is 11.5. The minimum absolute atomic E-state index is 0.0717. The predicted molar refractivity (Wildman–Crippen MR) is 71.0 cm³/mol. The maximum Gasteiger partial charge on any atom is 0.129 e. The van der Waals surface area contributed by atoms with Crippen molar-refractivity contribution in [3.8, 4) is 0 Å². The molecule has 1 heterocycles. The molecule has 1 fully saturated rings. The molecule has 0 saturated carbocycles. The molecule has 19 heavy (non-hydrogen) atoms. The van der Waals surface area contributed by atoms with Crippen LogP contribution in [0.1, 0.15) is 25.8 Å². The first-order valence-electron chi connectivity index (χ1n) is 6.90. The Labute approximate surface area is 113 Å². The number of rotatable bonds is 5. The van der Waals surface area contributed by atoms with E-state index in [1.54, 1.807) is 0 Å². The van der Waals surface area contributed by atoms with Crippen molar-refractivity contribution in [2.24, 2.45) is 5.92 Å². The summed E-state index contributed by atoms with van der Waals surface area (Å²) in [4.78, 5) is 0. The smallest absolute Gasteiger partial charge is 0.129 e. The Morgan fingerprint density at radius 2 is 2.21 bits per heavy atom. The Morgan fingerprint density at radius 3 is 2.79 bits per heavy atom. The zero-order valence-electron chi connectivity index (χ0n) is 11.5. The number of hydrogen-bond donors (Lipinski definition) is 1. The largest absolute Gasteiger partial charge is 0.376 e. The predicted octanol–water partition coefficient (Wildman–Crippen LogP) is 2.91. The van der Waals surface area contributed by atoms with Crippen molar-refractivity contribution < 1.29 is 13.5 Å². The van der Waals surface area contributed by atoms with E-state index in [0.717, 1.165) is 25.6 Å². The lowest BCUT2D eigenvalue weighted by atomic mass is 9.92. The van der Waals surface area contributed by atoms with Crippen molar-refractivity contribution in [3.63, 3.8) is 0 Å². The summed E-state index contributed by atoms with van der Waals surface area (Å²) in [6, 6.07) is 3.84. The Kier molecular flexibility index (Phi) is 4.88. The van der Waals surface area contributed by atoms with Crippen molar-refractivity contribution in [3.05, 3.63) is 35.4 Å². The van der Waals surface area contributed by atoms with Crippen LogP contribution in [0.2, 0.25) is 0 Å². The van der Waals surface area contributed by atoms with Crippen molar-refractivity contribution in [1.29, 1.82) is 0 Å². The van der Waals surface area contributed by atoms with Gasteiger partial charge in [0, 0.05) is 18.7 Å². The number of ether oxygens (including phenoxy) is 1. The van der Waals surface area contributed by atoms with Crippen LogP contribution in [-0.2, 0) is 11.2 Å². The molecule has 1 aromatic carbocycles. The van der Waals surface area contributed by atoms with Gasteiger partial charge in [-0.2, -0.15) is 0 Å².